The van der Waals surface area contributed by atoms with Gasteiger partial charge in [0.2, 0.25) is 5.91 Å². The smallest absolute Gasteiger partial charge is 0.289 e. The number of nitrogens with zero attached hydrogens (tertiary/aromatic N) is 3. The number of amides is 2. The summed E-state index contributed by atoms with van der Waals surface area (Å²) in [6.45, 7) is 2.83. The molecule has 0 atom stereocenters. The Balaban J connectivity index is 0.00000280. The minimum absolute atomic E-state index is 0. The van der Waals surface area contributed by atoms with Gasteiger partial charge in [0, 0.05) is 33.2 Å². The van der Waals surface area contributed by atoms with Crippen LogP contribution in [0.25, 0.3) is 0 Å². The maximum absolute atomic E-state index is 12.3. The van der Waals surface area contributed by atoms with Crippen LogP contribution in [0.1, 0.15) is 16.3 Å². The lowest BCUT2D eigenvalue weighted by Gasteiger charge is -2.36. The fourth-order valence-electron chi connectivity index (χ4n) is 2.83. The monoisotopic (exact) mass is 501 g/mol. The number of guanidine groups is 1. The first-order chi connectivity index (χ1) is 13.2. The van der Waals surface area contributed by atoms with Crippen molar-refractivity contribution in [3.05, 3.63) is 48.3 Å². The summed E-state index contributed by atoms with van der Waals surface area (Å²) in [6.07, 6.45) is 3.06. The van der Waals surface area contributed by atoms with Gasteiger partial charge in [-0.1, -0.05) is 0 Å². The van der Waals surface area contributed by atoms with Crippen molar-refractivity contribution in [3.63, 3.8) is 0 Å². The molecule has 3 rings (SSSR count). The molecule has 2 N–H and O–H groups in total. The number of carbonyl (C=O) groups excluding carboxylic acids is 2. The zero-order valence-corrected chi connectivity index (χ0v) is 17.9. The van der Waals surface area contributed by atoms with Crippen LogP contribution < -0.4 is 10.6 Å². The highest BCUT2D eigenvalue weighted by atomic mass is 127. The SMILES string of the molecule is CN=C(NCC(=O)NCc1ccco1)N1CCN(C(=O)c2ccco2)CC1.I. The zero-order valence-electron chi connectivity index (χ0n) is 15.6. The van der Waals surface area contributed by atoms with Crippen LogP contribution in [0.3, 0.4) is 0 Å². The normalized spacial score (nSPS) is 14.4. The van der Waals surface area contributed by atoms with Crippen LogP contribution in [0.5, 0.6) is 0 Å². The fourth-order valence-corrected chi connectivity index (χ4v) is 2.83. The number of halogens is 1. The third kappa shape index (κ3) is 5.75. The van der Waals surface area contributed by atoms with Crippen molar-refractivity contribution < 1.29 is 18.4 Å². The van der Waals surface area contributed by atoms with Gasteiger partial charge in [-0.2, -0.15) is 0 Å². The van der Waals surface area contributed by atoms with E-state index in [1.54, 1.807) is 42.5 Å². The van der Waals surface area contributed by atoms with E-state index in [1.165, 1.54) is 6.26 Å². The molecule has 1 fully saturated rings. The molecule has 0 unspecified atom stereocenters. The van der Waals surface area contributed by atoms with Gasteiger partial charge in [0.05, 0.1) is 25.6 Å². The molecule has 0 saturated carbocycles. The van der Waals surface area contributed by atoms with E-state index in [2.05, 4.69) is 15.6 Å². The molecule has 2 amide bonds. The first-order valence-corrected chi connectivity index (χ1v) is 8.75. The van der Waals surface area contributed by atoms with Crippen molar-refractivity contribution in [2.75, 3.05) is 39.8 Å². The third-order valence-corrected chi connectivity index (χ3v) is 4.26. The molecule has 2 aromatic rings. The highest BCUT2D eigenvalue weighted by Crippen LogP contribution is 2.09. The Bertz CT molecular complexity index is 768. The number of aliphatic imine (C=N–C) groups is 1. The van der Waals surface area contributed by atoms with Gasteiger partial charge < -0.3 is 29.3 Å². The van der Waals surface area contributed by atoms with Crippen LogP contribution >= 0.6 is 24.0 Å². The molecule has 28 heavy (non-hydrogen) atoms. The van der Waals surface area contributed by atoms with E-state index in [0.29, 0.717) is 50.2 Å². The molecule has 2 aromatic heterocycles. The Morgan fingerprint density at radius 1 is 1.04 bits per heavy atom. The van der Waals surface area contributed by atoms with Crippen LogP contribution in [-0.4, -0.2) is 67.3 Å². The second-order valence-corrected chi connectivity index (χ2v) is 6.01. The van der Waals surface area contributed by atoms with Crippen LogP contribution in [0.15, 0.2) is 50.6 Å². The zero-order chi connectivity index (χ0) is 19.1. The number of furan rings is 2. The number of rotatable bonds is 5. The van der Waals surface area contributed by atoms with Crippen molar-refractivity contribution in [2.24, 2.45) is 4.99 Å². The average molecular weight is 501 g/mol. The molecule has 3 heterocycles. The number of nitrogens with one attached hydrogen (secondary N) is 2. The summed E-state index contributed by atoms with van der Waals surface area (Å²) in [5, 5.41) is 5.82. The van der Waals surface area contributed by atoms with Crippen molar-refractivity contribution in [2.45, 2.75) is 6.54 Å². The van der Waals surface area contributed by atoms with Crippen LogP contribution in [0, 0.1) is 0 Å². The maximum atomic E-state index is 12.3. The highest BCUT2D eigenvalue weighted by Gasteiger charge is 2.25. The maximum Gasteiger partial charge on any atom is 0.289 e. The fraction of sp³-hybridized carbons (Fsp3) is 0.389. The Morgan fingerprint density at radius 3 is 2.32 bits per heavy atom. The van der Waals surface area contributed by atoms with E-state index in [4.69, 9.17) is 8.83 Å². The molecule has 152 valence electrons. The van der Waals surface area contributed by atoms with Gasteiger partial charge in [0.25, 0.3) is 5.91 Å². The summed E-state index contributed by atoms with van der Waals surface area (Å²) in [5.41, 5.74) is 0. The first kappa shape index (κ1) is 21.8. The van der Waals surface area contributed by atoms with E-state index < -0.39 is 0 Å². The largest absolute Gasteiger partial charge is 0.467 e. The van der Waals surface area contributed by atoms with E-state index in [9.17, 15) is 9.59 Å². The Morgan fingerprint density at radius 2 is 1.71 bits per heavy atom. The predicted octanol–water partition coefficient (Wildman–Crippen LogP) is 1.14. The molecular weight excluding hydrogens is 477 g/mol. The van der Waals surface area contributed by atoms with Crippen LogP contribution in [0.4, 0.5) is 0 Å². The lowest BCUT2D eigenvalue weighted by Crippen LogP contribution is -2.54. The quantitative estimate of drug-likeness (QED) is 0.362. The first-order valence-electron chi connectivity index (χ1n) is 8.75. The summed E-state index contributed by atoms with van der Waals surface area (Å²) in [5.74, 6) is 1.41. The lowest BCUT2D eigenvalue weighted by molar-refractivity contribution is -0.120. The molecule has 10 heteroatoms. The number of hydrogen-bond donors (Lipinski definition) is 2. The van der Waals surface area contributed by atoms with Gasteiger partial charge in [0.1, 0.15) is 5.76 Å². The highest BCUT2D eigenvalue weighted by molar-refractivity contribution is 14.0. The number of piperazine rings is 1. The van der Waals surface area contributed by atoms with Crippen molar-refractivity contribution >= 4 is 41.8 Å². The topological polar surface area (TPSA) is 103 Å². The van der Waals surface area contributed by atoms with E-state index in [1.807, 2.05) is 4.90 Å². The molecule has 1 saturated heterocycles. The second-order valence-electron chi connectivity index (χ2n) is 6.01. The summed E-state index contributed by atoms with van der Waals surface area (Å²) in [7, 11) is 1.67. The second kappa shape index (κ2) is 10.7. The van der Waals surface area contributed by atoms with Gasteiger partial charge in [-0.15, -0.1) is 24.0 Å². The molecule has 0 bridgehead atoms. The summed E-state index contributed by atoms with van der Waals surface area (Å²) < 4.78 is 10.3. The Hall–Kier alpha value is -2.50. The minimum Gasteiger partial charge on any atom is -0.467 e. The number of carbonyl (C=O) groups is 2. The molecule has 0 aliphatic carbocycles. The lowest BCUT2D eigenvalue weighted by atomic mass is 10.3. The molecular formula is C18H24IN5O4. The Labute approximate surface area is 180 Å². The third-order valence-electron chi connectivity index (χ3n) is 4.26. The summed E-state index contributed by atoms with van der Waals surface area (Å²) in [4.78, 5) is 32.3. The summed E-state index contributed by atoms with van der Waals surface area (Å²) in [6, 6.07) is 6.94. The van der Waals surface area contributed by atoms with Gasteiger partial charge in [0.15, 0.2) is 11.7 Å². The van der Waals surface area contributed by atoms with Crippen molar-refractivity contribution in [1.29, 1.82) is 0 Å². The molecule has 1 aliphatic heterocycles. The standard InChI is InChI=1S/C18H23N5O4.HI/c1-19-18(21-13-16(24)20-12-14-4-2-10-26-14)23-8-6-22(7-9-23)17(25)15-5-3-11-27-15;/h2-5,10-11H,6-9,12-13H2,1H3,(H,19,21)(H,20,24);1H. The molecule has 1 aliphatic rings. The molecule has 0 spiro atoms. The van der Waals surface area contributed by atoms with Crippen LogP contribution in [-0.2, 0) is 11.3 Å². The molecule has 9 nitrogen and oxygen atoms in total. The van der Waals surface area contributed by atoms with Gasteiger partial charge in [-0.25, -0.2) is 0 Å². The van der Waals surface area contributed by atoms with E-state index >= 15 is 0 Å². The van der Waals surface area contributed by atoms with Crippen molar-refractivity contribution in [1.82, 2.24) is 20.4 Å². The van der Waals surface area contributed by atoms with Gasteiger partial charge >= 0.3 is 0 Å². The average Bonchev–Trinajstić information content (AvgIpc) is 3.41. The van der Waals surface area contributed by atoms with Gasteiger partial charge in [-0.3, -0.25) is 14.6 Å². The predicted molar refractivity (Wildman–Crippen MR) is 114 cm³/mol. The van der Waals surface area contributed by atoms with Crippen molar-refractivity contribution in [3.8, 4) is 0 Å². The minimum atomic E-state index is -0.154. The Kier molecular flexibility index (Phi) is 8.36. The molecule has 0 radical (unpaired) electrons. The van der Waals surface area contributed by atoms with Gasteiger partial charge in [-0.05, 0) is 24.3 Å². The van der Waals surface area contributed by atoms with Crippen LogP contribution in [0.2, 0.25) is 0 Å². The number of hydrogen-bond acceptors (Lipinski definition) is 5. The van der Waals surface area contributed by atoms with E-state index in [-0.39, 0.29) is 42.3 Å². The van der Waals surface area contributed by atoms with E-state index in [0.717, 1.165) is 0 Å². The summed E-state index contributed by atoms with van der Waals surface area (Å²) >= 11 is 0. The molecule has 0 aromatic carbocycles.